The number of para-hydroxylation sites is 1. The molecule has 0 aromatic heterocycles. The van der Waals surface area contributed by atoms with E-state index >= 15 is 0 Å². The first-order valence-corrected chi connectivity index (χ1v) is 7.83. The molecule has 2 aromatic carbocycles. The second-order valence-corrected chi connectivity index (χ2v) is 5.05. The van der Waals surface area contributed by atoms with Gasteiger partial charge in [0.15, 0.2) is 0 Å². The molecule has 0 bridgehead atoms. The zero-order valence-electron chi connectivity index (χ0n) is 14.2. The van der Waals surface area contributed by atoms with Crippen molar-refractivity contribution in [3.8, 4) is 17.6 Å². The molecule has 25 heavy (non-hydrogen) atoms. The molecular formula is C20H19NO4. The van der Waals surface area contributed by atoms with Gasteiger partial charge in [-0.25, -0.2) is 0 Å². The third-order valence-corrected chi connectivity index (χ3v) is 3.24. The van der Waals surface area contributed by atoms with Gasteiger partial charge in [0.25, 0.3) is 0 Å². The summed E-state index contributed by atoms with van der Waals surface area (Å²) in [5.41, 5.74) is 2.04. The van der Waals surface area contributed by atoms with E-state index < -0.39 is 11.9 Å². The monoisotopic (exact) mass is 337 g/mol. The van der Waals surface area contributed by atoms with Crippen molar-refractivity contribution in [1.82, 2.24) is 0 Å². The number of ether oxygens (including phenoxy) is 2. The van der Waals surface area contributed by atoms with E-state index in [1.807, 2.05) is 30.3 Å². The highest BCUT2D eigenvalue weighted by molar-refractivity contribution is 6.02. The van der Waals surface area contributed by atoms with Crippen molar-refractivity contribution in [2.45, 2.75) is 13.3 Å². The Hall–Kier alpha value is -3.26. The Balaban J connectivity index is 2.11. The maximum Gasteiger partial charge on any atom is 0.315 e. The number of carbonyl (C=O) groups is 2. The number of hydrogen-bond donors (Lipinski definition) is 1. The van der Waals surface area contributed by atoms with Gasteiger partial charge < -0.3 is 14.8 Å². The van der Waals surface area contributed by atoms with Crippen LogP contribution in [0.1, 0.15) is 24.5 Å². The molecule has 5 heteroatoms. The van der Waals surface area contributed by atoms with Gasteiger partial charge in [-0.05, 0) is 43.3 Å². The number of benzene rings is 2. The summed E-state index contributed by atoms with van der Waals surface area (Å²) in [6, 6.07) is 14.5. The number of nitrogens with one attached hydrogen (secondary N) is 1. The number of rotatable bonds is 5. The number of carbonyl (C=O) groups excluding carboxylic acids is 2. The van der Waals surface area contributed by atoms with Crippen molar-refractivity contribution < 1.29 is 19.1 Å². The maximum atomic E-state index is 11.9. The van der Waals surface area contributed by atoms with Crippen LogP contribution in [0.2, 0.25) is 0 Å². The summed E-state index contributed by atoms with van der Waals surface area (Å²) in [7, 11) is 1.61. The quantitative estimate of drug-likeness (QED) is 0.517. The van der Waals surface area contributed by atoms with Crippen LogP contribution in [0.25, 0.3) is 0 Å². The lowest BCUT2D eigenvalue weighted by Crippen LogP contribution is -2.18. The molecule has 0 atom stereocenters. The summed E-state index contributed by atoms with van der Waals surface area (Å²) in [4.78, 5) is 23.3. The fourth-order valence-electron chi connectivity index (χ4n) is 2.05. The van der Waals surface area contributed by atoms with E-state index in [4.69, 9.17) is 9.47 Å². The Labute approximate surface area is 147 Å². The third-order valence-electron chi connectivity index (χ3n) is 3.24. The van der Waals surface area contributed by atoms with E-state index in [1.165, 1.54) is 0 Å². The molecule has 2 rings (SSSR count). The highest BCUT2D eigenvalue weighted by atomic mass is 16.5. The van der Waals surface area contributed by atoms with Gasteiger partial charge >= 0.3 is 5.97 Å². The summed E-state index contributed by atoms with van der Waals surface area (Å²) in [6.45, 7) is 1.94. The molecule has 5 nitrogen and oxygen atoms in total. The molecule has 0 aliphatic carbocycles. The molecule has 0 saturated carbocycles. The summed E-state index contributed by atoms with van der Waals surface area (Å²) < 4.78 is 9.88. The topological polar surface area (TPSA) is 64.6 Å². The van der Waals surface area contributed by atoms with Gasteiger partial charge in [0.1, 0.15) is 12.2 Å². The van der Waals surface area contributed by atoms with Crippen molar-refractivity contribution in [1.29, 1.82) is 0 Å². The molecule has 0 aliphatic heterocycles. The molecular weight excluding hydrogens is 318 g/mol. The zero-order chi connectivity index (χ0) is 18.1. The van der Waals surface area contributed by atoms with Crippen molar-refractivity contribution in [2.24, 2.45) is 0 Å². The molecule has 0 radical (unpaired) electrons. The molecule has 0 spiro atoms. The van der Waals surface area contributed by atoms with Crippen LogP contribution in [0.5, 0.6) is 5.75 Å². The van der Waals surface area contributed by atoms with E-state index in [2.05, 4.69) is 17.2 Å². The van der Waals surface area contributed by atoms with Gasteiger partial charge in [0.2, 0.25) is 5.91 Å². The van der Waals surface area contributed by atoms with Crippen molar-refractivity contribution in [3.05, 3.63) is 59.7 Å². The SMILES string of the molecule is CCOC(=O)CC(=O)Nc1ccccc1C#Cc1ccc(OC)cc1. The number of hydrogen-bond acceptors (Lipinski definition) is 4. The van der Waals surface area contributed by atoms with Gasteiger partial charge in [0, 0.05) is 11.1 Å². The average Bonchev–Trinajstić information content (AvgIpc) is 2.61. The molecule has 0 fully saturated rings. The minimum atomic E-state index is -0.554. The third kappa shape index (κ3) is 5.70. The first-order valence-electron chi connectivity index (χ1n) is 7.83. The summed E-state index contributed by atoms with van der Waals surface area (Å²) in [6.07, 6.45) is -0.325. The minimum Gasteiger partial charge on any atom is -0.497 e. The molecule has 1 N–H and O–H groups in total. The van der Waals surface area contributed by atoms with E-state index in [0.717, 1.165) is 11.3 Å². The number of methoxy groups -OCH3 is 1. The minimum absolute atomic E-state index is 0.246. The molecule has 2 aromatic rings. The lowest BCUT2D eigenvalue weighted by Gasteiger charge is -2.07. The highest BCUT2D eigenvalue weighted by Gasteiger charge is 2.11. The molecule has 0 unspecified atom stereocenters. The van der Waals surface area contributed by atoms with Crippen molar-refractivity contribution in [2.75, 3.05) is 19.0 Å². The highest BCUT2D eigenvalue weighted by Crippen LogP contribution is 2.15. The Morgan fingerprint density at radius 1 is 1.04 bits per heavy atom. The van der Waals surface area contributed by atoms with E-state index in [1.54, 1.807) is 32.2 Å². The lowest BCUT2D eigenvalue weighted by atomic mass is 10.1. The van der Waals surface area contributed by atoms with Crippen LogP contribution in [0.15, 0.2) is 48.5 Å². The van der Waals surface area contributed by atoms with Gasteiger partial charge in [-0.3, -0.25) is 9.59 Å². The summed E-state index contributed by atoms with van der Waals surface area (Å²) in [5.74, 6) is 5.84. The fourth-order valence-corrected chi connectivity index (χ4v) is 2.05. The summed E-state index contributed by atoms with van der Waals surface area (Å²) >= 11 is 0. The molecule has 0 aliphatic rings. The van der Waals surface area contributed by atoms with E-state index in [-0.39, 0.29) is 13.0 Å². The van der Waals surface area contributed by atoms with Crippen molar-refractivity contribution >= 4 is 17.6 Å². The van der Waals surface area contributed by atoms with Gasteiger partial charge in [0.05, 0.1) is 19.4 Å². The van der Waals surface area contributed by atoms with Crippen LogP contribution < -0.4 is 10.1 Å². The van der Waals surface area contributed by atoms with E-state index in [0.29, 0.717) is 11.3 Å². The van der Waals surface area contributed by atoms with Crippen LogP contribution in [0.4, 0.5) is 5.69 Å². The van der Waals surface area contributed by atoms with Crippen LogP contribution in [0, 0.1) is 11.8 Å². The predicted octanol–water partition coefficient (Wildman–Crippen LogP) is 2.99. The number of esters is 1. The molecule has 0 heterocycles. The fraction of sp³-hybridized carbons (Fsp3) is 0.200. The van der Waals surface area contributed by atoms with Crippen molar-refractivity contribution in [3.63, 3.8) is 0 Å². The molecule has 0 saturated heterocycles. The normalized spacial score (nSPS) is 9.52. The zero-order valence-corrected chi connectivity index (χ0v) is 14.2. The van der Waals surface area contributed by atoms with Crippen LogP contribution in [-0.2, 0) is 14.3 Å². The van der Waals surface area contributed by atoms with Crippen LogP contribution in [0.3, 0.4) is 0 Å². The Kier molecular flexibility index (Phi) is 6.61. The van der Waals surface area contributed by atoms with Crippen LogP contribution >= 0.6 is 0 Å². The van der Waals surface area contributed by atoms with Gasteiger partial charge in [-0.15, -0.1) is 0 Å². The van der Waals surface area contributed by atoms with Gasteiger partial charge in [-0.2, -0.15) is 0 Å². The molecule has 1 amide bonds. The van der Waals surface area contributed by atoms with Gasteiger partial charge in [-0.1, -0.05) is 24.0 Å². The summed E-state index contributed by atoms with van der Waals surface area (Å²) in [5, 5.41) is 2.69. The predicted molar refractivity (Wildman–Crippen MR) is 95.3 cm³/mol. The smallest absolute Gasteiger partial charge is 0.315 e. The van der Waals surface area contributed by atoms with E-state index in [9.17, 15) is 9.59 Å². The standard InChI is InChI=1S/C20H19NO4/c1-3-25-20(23)14-19(22)21-18-7-5-4-6-16(18)11-8-15-9-12-17(24-2)13-10-15/h4-7,9-10,12-13H,3,14H2,1-2H3,(H,21,22). The second-order valence-electron chi connectivity index (χ2n) is 5.05. The number of anilines is 1. The average molecular weight is 337 g/mol. The second kappa shape index (κ2) is 9.14. The number of amides is 1. The Morgan fingerprint density at radius 2 is 1.76 bits per heavy atom. The maximum absolute atomic E-state index is 11.9. The van der Waals surface area contributed by atoms with Crippen LogP contribution in [-0.4, -0.2) is 25.6 Å². The Bertz CT molecular complexity index is 800. The first kappa shape index (κ1) is 18.1. The largest absolute Gasteiger partial charge is 0.497 e. The Morgan fingerprint density at radius 3 is 2.44 bits per heavy atom. The lowest BCUT2D eigenvalue weighted by molar-refractivity contribution is -0.145. The molecule has 128 valence electrons. The first-order chi connectivity index (χ1) is 12.1.